The van der Waals surface area contributed by atoms with Gasteiger partial charge in [0.25, 0.3) is 5.91 Å². The first kappa shape index (κ1) is 15.8. The zero-order valence-electron chi connectivity index (χ0n) is 14.1. The number of imide groups is 1. The molecule has 5 rings (SSSR count). The van der Waals surface area contributed by atoms with Crippen molar-refractivity contribution in [3.05, 3.63) is 0 Å². The van der Waals surface area contributed by atoms with Gasteiger partial charge >= 0.3 is 6.03 Å². The number of nitrogens with zero attached hydrogens (tertiary/aromatic N) is 1. The van der Waals surface area contributed by atoms with Crippen molar-refractivity contribution in [3.63, 3.8) is 0 Å². The lowest BCUT2D eigenvalue weighted by atomic mass is 9.49. The Labute approximate surface area is 143 Å². The van der Waals surface area contributed by atoms with Gasteiger partial charge < -0.3 is 5.32 Å². The van der Waals surface area contributed by atoms with Crippen molar-refractivity contribution in [2.75, 3.05) is 18.6 Å². The average molecular weight is 337 g/mol. The normalized spacial score (nSPS) is 41.7. The van der Waals surface area contributed by atoms with E-state index in [9.17, 15) is 9.59 Å². The Morgan fingerprint density at radius 3 is 2.30 bits per heavy atom. The van der Waals surface area contributed by atoms with Crippen LogP contribution in [0.5, 0.6) is 0 Å². The molecule has 1 N–H and O–H groups in total. The molecule has 4 bridgehead atoms. The quantitative estimate of drug-likeness (QED) is 0.757. The van der Waals surface area contributed by atoms with Crippen LogP contribution in [0, 0.1) is 23.2 Å². The van der Waals surface area contributed by atoms with Crippen LogP contribution in [0.1, 0.15) is 51.4 Å². The maximum absolute atomic E-state index is 12.5. The Kier molecular flexibility index (Phi) is 4.11. The van der Waals surface area contributed by atoms with Crippen LogP contribution in [0.2, 0.25) is 0 Å². The molecule has 3 amide bonds. The predicted molar refractivity (Wildman–Crippen MR) is 92.3 cm³/mol. The summed E-state index contributed by atoms with van der Waals surface area (Å²) in [5, 5.41) is 2.87. The van der Waals surface area contributed by atoms with Gasteiger partial charge in [-0.15, -0.1) is 0 Å². The molecule has 0 aromatic heterocycles. The van der Waals surface area contributed by atoms with Gasteiger partial charge in [-0.25, -0.2) is 4.79 Å². The Morgan fingerprint density at radius 2 is 1.74 bits per heavy atom. The maximum atomic E-state index is 12.5. The average Bonchev–Trinajstić information content (AvgIpc) is 2.76. The number of amides is 3. The maximum Gasteiger partial charge on any atom is 0.324 e. The summed E-state index contributed by atoms with van der Waals surface area (Å²) in [6.07, 6.45) is 12.2. The van der Waals surface area contributed by atoms with E-state index in [2.05, 4.69) is 5.32 Å². The van der Waals surface area contributed by atoms with Crippen LogP contribution in [0.3, 0.4) is 0 Å². The van der Waals surface area contributed by atoms with Crippen LogP contribution in [-0.4, -0.2) is 41.4 Å². The standard InChI is InChI=1S/C18H28N2O2S/c1-23-5-2-15-16(21)20(17(22)19-15)4-3-18-9-12-6-13(10-18)8-14(7-12)11-18/h12-15H,2-11H2,1H3,(H,19,22). The number of urea groups is 1. The van der Waals surface area contributed by atoms with Crippen molar-refractivity contribution in [2.24, 2.45) is 23.2 Å². The first-order chi connectivity index (χ1) is 11.1. The van der Waals surface area contributed by atoms with Gasteiger partial charge in [0, 0.05) is 6.54 Å². The van der Waals surface area contributed by atoms with Crippen molar-refractivity contribution in [1.29, 1.82) is 0 Å². The summed E-state index contributed by atoms with van der Waals surface area (Å²) >= 11 is 1.72. The Morgan fingerprint density at radius 1 is 1.13 bits per heavy atom. The van der Waals surface area contributed by atoms with E-state index in [0.29, 0.717) is 12.0 Å². The van der Waals surface area contributed by atoms with Gasteiger partial charge in [0.2, 0.25) is 0 Å². The summed E-state index contributed by atoms with van der Waals surface area (Å²) in [4.78, 5) is 26.1. The molecule has 5 aliphatic rings. The lowest BCUT2D eigenvalue weighted by Gasteiger charge is -2.57. The van der Waals surface area contributed by atoms with E-state index in [0.717, 1.165) is 36.3 Å². The highest BCUT2D eigenvalue weighted by molar-refractivity contribution is 7.98. The zero-order valence-corrected chi connectivity index (χ0v) is 14.9. The highest BCUT2D eigenvalue weighted by Gasteiger charge is 2.51. The second-order valence-corrected chi connectivity index (χ2v) is 9.43. The van der Waals surface area contributed by atoms with Crippen molar-refractivity contribution >= 4 is 23.7 Å². The fourth-order valence-corrected chi connectivity index (χ4v) is 6.64. The lowest BCUT2D eigenvalue weighted by Crippen LogP contribution is -2.47. The number of carbonyl (C=O) groups excluding carboxylic acids is 2. The minimum atomic E-state index is -0.286. The molecule has 128 valence electrons. The van der Waals surface area contributed by atoms with E-state index < -0.39 is 0 Å². The highest BCUT2D eigenvalue weighted by atomic mass is 32.2. The smallest absolute Gasteiger partial charge is 0.324 e. The molecule has 4 aliphatic carbocycles. The summed E-state index contributed by atoms with van der Waals surface area (Å²) in [7, 11) is 0. The third-order valence-corrected chi connectivity index (χ3v) is 7.39. The first-order valence-corrected chi connectivity index (χ1v) is 10.6. The van der Waals surface area contributed by atoms with Crippen molar-refractivity contribution < 1.29 is 9.59 Å². The minimum Gasteiger partial charge on any atom is -0.326 e. The van der Waals surface area contributed by atoms with E-state index in [-0.39, 0.29) is 18.0 Å². The largest absolute Gasteiger partial charge is 0.326 e. The molecule has 0 aromatic rings. The van der Waals surface area contributed by atoms with E-state index >= 15 is 0 Å². The second-order valence-electron chi connectivity index (χ2n) is 8.44. The molecule has 0 spiro atoms. The summed E-state index contributed by atoms with van der Waals surface area (Å²) in [6, 6.07) is -0.447. The van der Waals surface area contributed by atoms with Gasteiger partial charge in [0.15, 0.2) is 0 Å². The van der Waals surface area contributed by atoms with E-state index in [1.807, 2.05) is 6.26 Å². The Hall–Kier alpha value is -0.710. The van der Waals surface area contributed by atoms with Crippen molar-refractivity contribution in [2.45, 2.75) is 57.4 Å². The van der Waals surface area contributed by atoms with Crippen LogP contribution >= 0.6 is 11.8 Å². The number of carbonyl (C=O) groups is 2. The van der Waals surface area contributed by atoms with E-state index in [1.165, 1.54) is 43.4 Å². The third kappa shape index (κ3) is 2.90. The van der Waals surface area contributed by atoms with Crippen LogP contribution in [0.15, 0.2) is 0 Å². The highest BCUT2D eigenvalue weighted by Crippen LogP contribution is 2.61. The summed E-state index contributed by atoms with van der Waals surface area (Å²) in [5.74, 6) is 3.71. The van der Waals surface area contributed by atoms with Gasteiger partial charge in [0.1, 0.15) is 6.04 Å². The van der Waals surface area contributed by atoms with Gasteiger partial charge in [-0.2, -0.15) is 11.8 Å². The minimum absolute atomic E-state index is 0.00813. The lowest BCUT2D eigenvalue weighted by molar-refractivity contribution is -0.128. The molecule has 1 aliphatic heterocycles. The SMILES string of the molecule is CSCCC1NC(=O)N(CCC23CC4CC(CC(C4)C2)C3)C1=O. The predicted octanol–water partition coefficient (Wildman–Crippen LogP) is 3.27. The molecule has 1 atom stereocenters. The molecule has 23 heavy (non-hydrogen) atoms. The summed E-state index contributed by atoms with van der Waals surface area (Å²) in [5.41, 5.74) is 0.437. The first-order valence-electron chi connectivity index (χ1n) is 9.19. The summed E-state index contributed by atoms with van der Waals surface area (Å²) in [6.45, 7) is 0.632. The molecular weight excluding hydrogens is 308 g/mol. The number of thioether (sulfide) groups is 1. The van der Waals surface area contributed by atoms with Gasteiger partial charge in [-0.3, -0.25) is 9.69 Å². The fourth-order valence-electron chi connectivity index (χ4n) is 6.17. The zero-order chi connectivity index (χ0) is 16.0. The van der Waals surface area contributed by atoms with Crippen LogP contribution in [-0.2, 0) is 4.79 Å². The molecule has 1 saturated heterocycles. The molecule has 1 heterocycles. The molecular formula is C18H28N2O2S. The molecule has 4 nitrogen and oxygen atoms in total. The van der Waals surface area contributed by atoms with Gasteiger partial charge in [-0.1, -0.05) is 0 Å². The molecule has 0 radical (unpaired) electrons. The van der Waals surface area contributed by atoms with E-state index in [4.69, 9.17) is 0 Å². The van der Waals surface area contributed by atoms with Crippen LogP contribution in [0.4, 0.5) is 4.79 Å². The topological polar surface area (TPSA) is 49.4 Å². The third-order valence-electron chi connectivity index (χ3n) is 6.75. The molecule has 1 unspecified atom stereocenters. The van der Waals surface area contributed by atoms with Crippen LogP contribution < -0.4 is 5.32 Å². The molecule has 5 heteroatoms. The van der Waals surface area contributed by atoms with Crippen LogP contribution in [0.25, 0.3) is 0 Å². The van der Waals surface area contributed by atoms with Gasteiger partial charge in [-0.05, 0) is 86.5 Å². The second kappa shape index (κ2) is 5.98. The van der Waals surface area contributed by atoms with Gasteiger partial charge in [0.05, 0.1) is 0 Å². The van der Waals surface area contributed by atoms with E-state index in [1.54, 1.807) is 11.8 Å². The monoisotopic (exact) mass is 336 g/mol. The number of hydrogen-bond acceptors (Lipinski definition) is 3. The Balaban J connectivity index is 1.37. The molecule has 0 aromatic carbocycles. The number of hydrogen-bond donors (Lipinski definition) is 1. The summed E-state index contributed by atoms with van der Waals surface area (Å²) < 4.78 is 0. The number of nitrogens with one attached hydrogen (secondary N) is 1. The van der Waals surface area contributed by atoms with Crippen molar-refractivity contribution in [3.8, 4) is 0 Å². The Bertz CT molecular complexity index is 472. The molecule has 5 fully saturated rings. The molecule has 4 saturated carbocycles. The van der Waals surface area contributed by atoms with Crippen molar-refractivity contribution in [1.82, 2.24) is 10.2 Å². The number of rotatable bonds is 6. The fraction of sp³-hybridized carbons (Fsp3) is 0.889.